The number of nitrogens with zero attached hydrogens (tertiary/aromatic N) is 4. The van der Waals surface area contributed by atoms with E-state index in [0.717, 1.165) is 19.3 Å². The third-order valence-corrected chi connectivity index (χ3v) is 4.17. The number of para-hydroxylation sites is 1. The Morgan fingerprint density at radius 3 is 2.92 bits per heavy atom. The van der Waals surface area contributed by atoms with E-state index < -0.39 is 0 Å². The van der Waals surface area contributed by atoms with E-state index in [-0.39, 0.29) is 23.7 Å². The van der Waals surface area contributed by atoms with Crippen LogP contribution in [-0.2, 0) is 4.74 Å². The Labute approximate surface area is 143 Å². The molecule has 3 heterocycles. The summed E-state index contributed by atoms with van der Waals surface area (Å²) in [5.41, 5.74) is 7.20. The molecule has 3 aromatic rings. The largest absolute Gasteiger partial charge is 0.504 e. The van der Waals surface area contributed by atoms with Gasteiger partial charge in [-0.15, -0.1) is 0 Å². The summed E-state index contributed by atoms with van der Waals surface area (Å²) in [5, 5.41) is 22.6. The van der Waals surface area contributed by atoms with E-state index in [1.165, 1.54) is 6.07 Å². The summed E-state index contributed by atoms with van der Waals surface area (Å²) in [7, 11) is 0. The van der Waals surface area contributed by atoms with Crippen LogP contribution in [0.15, 0.2) is 24.5 Å². The molecule has 0 bridgehead atoms. The van der Waals surface area contributed by atoms with Crippen molar-refractivity contribution < 1.29 is 14.9 Å². The second kappa shape index (κ2) is 6.10. The average Bonchev–Trinajstić information content (AvgIpc) is 3.03. The van der Waals surface area contributed by atoms with Crippen LogP contribution >= 0.6 is 0 Å². The van der Waals surface area contributed by atoms with Crippen molar-refractivity contribution in [3.05, 3.63) is 24.5 Å². The molecule has 25 heavy (non-hydrogen) atoms. The summed E-state index contributed by atoms with van der Waals surface area (Å²) >= 11 is 0. The first-order chi connectivity index (χ1) is 12.1. The number of fused-ring (bicyclic) bond motifs is 1. The van der Waals surface area contributed by atoms with Crippen molar-refractivity contribution in [1.29, 1.82) is 0 Å². The molecule has 1 fully saturated rings. The summed E-state index contributed by atoms with van der Waals surface area (Å²) in [5.74, 6) is -0.0857. The van der Waals surface area contributed by atoms with Crippen LogP contribution in [0.5, 0.6) is 11.5 Å². The summed E-state index contributed by atoms with van der Waals surface area (Å²) in [6.07, 6.45) is 4.53. The minimum atomic E-state index is -0.275. The molecule has 0 spiro atoms. The van der Waals surface area contributed by atoms with Gasteiger partial charge in [-0.1, -0.05) is 6.07 Å². The van der Waals surface area contributed by atoms with Crippen LogP contribution < -0.4 is 11.1 Å². The molecule has 0 radical (unpaired) electrons. The fourth-order valence-corrected chi connectivity index (χ4v) is 2.93. The zero-order valence-electron chi connectivity index (χ0n) is 13.4. The van der Waals surface area contributed by atoms with Gasteiger partial charge in [0, 0.05) is 6.61 Å². The smallest absolute Gasteiger partial charge is 0.224 e. The van der Waals surface area contributed by atoms with Gasteiger partial charge in [-0.05, 0) is 31.4 Å². The highest BCUT2D eigenvalue weighted by atomic mass is 16.5. The first kappa shape index (κ1) is 15.5. The normalized spacial score (nSPS) is 17.7. The van der Waals surface area contributed by atoms with E-state index in [1.807, 2.05) is 4.57 Å². The van der Waals surface area contributed by atoms with Gasteiger partial charge in [-0.3, -0.25) is 4.57 Å². The number of phenolic OH excluding ortho intramolecular Hbond substituents is 2. The highest BCUT2D eigenvalue weighted by Crippen LogP contribution is 2.36. The lowest BCUT2D eigenvalue weighted by Gasteiger charge is -2.23. The number of hydrogen-bond donors (Lipinski definition) is 4. The standard InChI is InChI=1S/C16H18N6O3/c17-16-20-14(19-9-4-3-5-10(23)13(9)24)12-15(21-16)22(8-18-12)11-6-1-2-7-25-11/h3-5,8,11,23-24H,1-2,6-7H2,(H3,17,19,20,21). The Hall–Kier alpha value is -3.07. The van der Waals surface area contributed by atoms with Crippen molar-refractivity contribution in [3.8, 4) is 11.5 Å². The van der Waals surface area contributed by atoms with Gasteiger partial charge < -0.3 is 26.0 Å². The topological polar surface area (TPSA) is 131 Å². The molecule has 1 aliphatic rings. The van der Waals surface area contributed by atoms with Gasteiger partial charge in [0.05, 0.1) is 12.0 Å². The fourth-order valence-electron chi connectivity index (χ4n) is 2.93. The van der Waals surface area contributed by atoms with Crippen LogP contribution in [0, 0.1) is 0 Å². The highest BCUT2D eigenvalue weighted by Gasteiger charge is 2.21. The number of benzene rings is 1. The maximum absolute atomic E-state index is 9.98. The number of aromatic hydroxyl groups is 2. The molecule has 1 aliphatic heterocycles. The van der Waals surface area contributed by atoms with E-state index in [9.17, 15) is 10.2 Å². The first-order valence-corrected chi connectivity index (χ1v) is 8.03. The van der Waals surface area contributed by atoms with E-state index in [4.69, 9.17) is 10.5 Å². The molecule has 9 nitrogen and oxygen atoms in total. The van der Waals surface area contributed by atoms with Crippen molar-refractivity contribution in [2.45, 2.75) is 25.5 Å². The second-order valence-corrected chi connectivity index (χ2v) is 5.87. The monoisotopic (exact) mass is 342 g/mol. The Morgan fingerprint density at radius 1 is 1.24 bits per heavy atom. The van der Waals surface area contributed by atoms with Crippen molar-refractivity contribution in [2.24, 2.45) is 0 Å². The number of ether oxygens (including phenoxy) is 1. The third kappa shape index (κ3) is 2.78. The first-order valence-electron chi connectivity index (χ1n) is 8.03. The van der Waals surface area contributed by atoms with Gasteiger partial charge in [0.2, 0.25) is 5.95 Å². The maximum atomic E-state index is 9.98. The molecule has 1 aromatic carbocycles. The lowest BCUT2D eigenvalue weighted by molar-refractivity contribution is -0.0298. The Bertz CT molecular complexity index is 920. The van der Waals surface area contributed by atoms with E-state index in [0.29, 0.717) is 29.3 Å². The van der Waals surface area contributed by atoms with Crippen LogP contribution in [0.3, 0.4) is 0 Å². The van der Waals surface area contributed by atoms with Gasteiger partial charge >= 0.3 is 0 Å². The highest BCUT2D eigenvalue weighted by molar-refractivity contribution is 5.87. The minimum Gasteiger partial charge on any atom is -0.504 e. The van der Waals surface area contributed by atoms with E-state index in [1.54, 1.807) is 18.5 Å². The van der Waals surface area contributed by atoms with Gasteiger partial charge in [-0.25, -0.2) is 4.98 Å². The number of nitrogens with two attached hydrogens (primary N) is 1. The van der Waals surface area contributed by atoms with Gasteiger partial charge in [-0.2, -0.15) is 9.97 Å². The number of nitrogen functional groups attached to an aromatic ring is 1. The molecule has 5 N–H and O–H groups in total. The fraction of sp³-hybridized carbons (Fsp3) is 0.312. The number of aromatic nitrogens is 4. The van der Waals surface area contributed by atoms with Gasteiger partial charge in [0.15, 0.2) is 28.5 Å². The molecule has 130 valence electrons. The van der Waals surface area contributed by atoms with Gasteiger partial charge in [0.25, 0.3) is 0 Å². The third-order valence-electron chi connectivity index (χ3n) is 4.17. The zero-order chi connectivity index (χ0) is 17.4. The van der Waals surface area contributed by atoms with Crippen molar-refractivity contribution in [3.63, 3.8) is 0 Å². The SMILES string of the molecule is Nc1nc(Nc2cccc(O)c2O)c2ncn(C3CCCCO3)c2n1. The molecule has 4 rings (SSSR count). The van der Waals surface area contributed by atoms with Crippen LogP contribution in [0.25, 0.3) is 11.2 Å². The molecule has 1 saturated heterocycles. The lowest BCUT2D eigenvalue weighted by atomic mass is 10.2. The summed E-state index contributed by atoms with van der Waals surface area (Å²) < 4.78 is 7.64. The van der Waals surface area contributed by atoms with E-state index in [2.05, 4.69) is 20.3 Å². The quantitative estimate of drug-likeness (QED) is 0.533. The molecular formula is C16H18N6O3. The van der Waals surface area contributed by atoms with Crippen molar-refractivity contribution >= 4 is 28.6 Å². The van der Waals surface area contributed by atoms with Crippen LogP contribution in [0.4, 0.5) is 17.5 Å². The lowest BCUT2D eigenvalue weighted by Crippen LogP contribution is -2.18. The molecule has 0 saturated carbocycles. The minimum absolute atomic E-state index is 0.0761. The average molecular weight is 342 g/mol. The summed E-state index contributed by atoms with van der Waals surface area (Å²) in [6.45, 7) is 0.702. The molecule has 1 unspecified atom stereocenters. The number of anilines is 3. The number of imidazole rings is 1. The van der Waals surface area contributed by atoms with E-state index >= 15 is 0 Å². The molecule has 0 aliphatic carbocycles. The molecule has 9 heteroatoms. The number of rotatable bonds is 3. The molecule has 0 amide bonds. The van der Waals surface area contributed by atoms with Crippen molar-refractivity contribution in [1.82, 2.24) is 19.5 Å². The Kier molecular flexibility index (Phi) is 3.77. The Balaban J connectivity index is 1.77. The maximum Gasteiger partial charge on any atom is 0.224 e. The van der Waals surface area contributed by atoms with Crippen LogP contribution in [0.2, 0.25) is 0 Å². The number of hydrogen-bond acceptors (Lipinski definition) is 8. The summed E-state index contributed by atoms with van der Waals surface area (Å²) in [4.78, 5) is 12.8. The Morgan fingerprint density at radius 2 is 2.12 bits per heavy atom. The summed E-state index contributed by atoms with van der Waals surface area (Å²) in [6, 6.07) is 4.60. The van der Waals surface area contributed by atoms with Crippen LogP contribution in [-0.4, -0.2) is 36.3 Å². The zero-order valence-corrected chi connectivity index (χ0v) is 13.4. The predicted octanol–water partition coefficient (Wildman–Crippen LogP) is 2.26. The predicted molar refractivity (Wildman–Crippen MR) is 91.6 cm³/mol. The molecule has 2 aromatic heterocycles. The van der Waals surface area contributed by atoms with Gasteiger partial charge in [0.1, 0.15) is 6.23 Å². The van der Waals surface area contributed by atoms with Crippen LogP contribution in [0.1, 0.15) is 25.5 Å². The second-order valence-electron chi connectivity index (χ2n) is 5.87. The molecule has 1 atom stereocenters. The van der Waals surface area contributed by atoms with Crippen molar-refractivity contribution in [2.75, 3.05) is 17.7 Å². The number of phenols is 2. The molecular weight excluding hydrogens is 324 g/mol. The number of nitrogens with one attached hydrogen (secondary N) is 1.